The molecular formula is C16H26O4. The van der Waals surface area contributed by atoms with E-state index in [0.717, 1.165) is 18.4 Å². The van der Waals surface area contributed by atoms with E-state index in [4.69, 9.17) is 4.74 Å². The Balaban J connectivity index is 0.000000286. The van der Waals surface area contributed by atoms with Crippen molar-refractivity contribution in [1.82, 2.24) is 0 Å². The summed E-state index contributed by atoms with van der Waals surface area (Å²) >= 11 is 0. The Kier molecular flexibility index (Phi) is 5.00. The lowest BCUT2D eigenvalue weighted by Gasteiger charge is -2.38. The number of carbonyl (C=O) groups is 2. The fourth-order valence-electron chi connectivity index (χ4n) is 3.59. The highest BCUT2D eigenvalue weighted by molar-refractivity contribution is 5.80. The molecule has 4 nitrogen and oxygen atoms in total. The third-order valence-electron chi connectivity index (χ3n) is 5.39. The maximum absolute atomic E-state index is 11.0. The standard InChI is InChI=1S/C12H20O2.C4H6O2/c1-8(13)14-10-7-9-5-6-12(10,4)11(9,2)3;1-3-4(5)6-2/h9-10H,5-7H2,1-4H3;3H,1H2,2H3/t9-,10+,12-;/m1./s1. The number of ether oxygens (including phenoxy) is 2. The monoisotopic (exact) mass is 282 g/mol. The first-order valence-electron chi connectivity index (χ1n) is 7.06. The van der Waals surface area contributed by atoms with Gasteiger partial charge in [-0.05, 0) is 30.6 Å². The molecule has 20 heavy (non-hydrogen) atoms. The number of fused-ring (bicyclic) bond motifs is 2. The van der Waals surface area contributed by atoms with E-state index < -0.39 is 5.97 Å². The molecule has 0 amide bonds. The Hall–Kier alpha value is -1.32. The summed E-state index contributed by atoms with van der Waals surface area (Å²) in [5, 5.41) is 0. The van der Waals surface area contributed by atoms with Gasteiger partial charge >= 0.3 is 11.9 Å². The number of esters is 2. The Labute approximate surface area is 121 Å². The van der Waals surface area contributed by atoms with Crippen molar-refractivity contribution in [3.63, 3.8) is 0 Å². The van der Waals surface area contributed by atoms with E-state index >= 15 is 0 Å². The summed E-state index contributed by atoms with van der Waals surface area (Å²) in [6.07, 6.45) is 4.86. The van der Waals surface area contributed by atoms with Crippen LogP contribution in [0.5, 0.6) is 0 Å². The molecule has 2 aliphatic carbocycles. The zero-order chi connectivity index (χ0) is 15.6. The van der Waals surface area contributed by atoms with Crippen molar-refractivity contribution in [2.75, 3.05) is 7.11 Å². The van der Waals surface area contributed by atoms with Gasteiger partial charge in [-0.15, -0.1) is 0 Å². The minimum Gasteiger partial charge on any atom is -0.466 e. The van der Waals surface area contributed by atoms with Crippen LogP contribution >= 0.6 is 0 Å². The van der Waals surface area contributed by atoms with Crippen molar-refractivity contribution in [2.45, 2.75) is 53.1 Å². The fraction of sp³-hybridized carbons (Fsp3) is 0.750. The van der Waals surface area contributed by atoms with Crippen molar-refractivity contribution < 1.29 is 19.1 Å². The summed E-state index contributed by atoms with van der Waals surface area (Å²) in [7, 11) is 1.31. The topological polar surface area (TPSA) is 52.6 Å². The van der Waals surface area contributed by atoms with Crippen LogP contribution < -0.4 is 0 Å². The van der Waals surface area contributed by atoms with E-state index in [-0.39, 0.29) is 17.5 Å². The molecule has 0 unspecified atom stereocenters. The summed E-state index contributed by atoms with van der Waals surface area (Å²) < 4.78 is 9.59. The second-order valence-electron chi connectivity index (χ2n) is 6.44. The number of hydrogen-bond donors (Lipinski definition) is 0. The van der Waals surface area contributed by atoms with Crippen LogP contribution in [0.2, 0.25) is 0 Å². The number of hydrogen-bond acceptors (Lipinski definition) is 4. The van der Waals surface area contributed by atoms with Gasteiger partial charge in [-0.2, -0.15) is 0 Å². The van der Waals surface area contributed by atoms with Gasteiger partial charge in [0.15, 0.2) is 0 Å². The molecule has 0 aromatic rings. The molecule has 0 radical (unpaired) electrons. The number of methoxy groups -OCH3 is 1. The van der Waals surface area contributed by atoms with Crippen LogP contribution in [-0.2, 0) is 19.1 Å². The Morgan fingerprint density at radius 1 is 1.30 bits per heavy atom. The molecule has 2 fully saturated rings. The third kappa shape index (κ3) is 2.89. The van der Waals surface area contributed by atoms with Crippen LogP contribution in [0.25, 0.3) is 0 Å². The SMILES string of the molecule is C=CC(=O)OC.CC(=O)O[C@H]1C[C@H]2CC[C@@]1(C)C2(C)C. The minimum absolute atomic E-state index is 0.125. The second-order valence-corrected chi connectivity index (χ2v) is 6.44. The van der Waals surface area contributed by atoms with Crippen molar-refractivity contribution in [2.24, 2.45) is 16.7 Å². The molecular weight excluding hydrogens is 256 g/mol. The first-order chi connectivity index (χ1) is 9.18. The first-order valence-corrected chi connectivity index (χ1v) is 7.06. The molecule has 0 N–H and O–H groups in total. The number of rotatable bonds is 2. The molecule has 2 bridgehead atoms. The van der Waals surface area contributed by atoms with Gasteiger partial charge in [-0.3, -0.25) is 4.79 Å². The Bertz CT molecular complexity index is 399. The molecule has 0 aromatic carbocycles. The summed E-state index contributed by atoms with van der Waals surface area (Å²) in [5.74, 6) is 0.228. The summed E-state index contributed by atoms with van der Waals surface area (Å²) in [6, 6.07) is 0. The molecule has 2 saturated carbocycles. The molecule has 2 aliphatic rings. The van der Waals surface area contributed by atoms with Crippen LogP contribution in [0.15, 0.2) is 12.7 Å². The zero-order valence-corrected chi connectivity index (χ0v) is 13.2. The average Bonchev–Trinajstić information content (AvgIpc) is 2.71. The van der Waals surface area contributed by atoms with Crippen LogP contribution in [-0.4, -0.2) is 25.2 Å². The van der Waals surface area contributed by atoms with E-state index in [0.29, 0.717) is 5.41 Å². The van der Waals surface area contributed by atoms with Crippen molar-refractivity contribution in [3.05, 3.63) is 12.7 Å². The van der Waals surface area contributed by atoms with E-state index in [1.165, 1.54) is 26.9 Å². The van der Waals surface area contributed by atoms with Gasteiger partial charge in [-0.1, -0.05) is 27.4 Å². The van der Waals surface area contributed by atoms with Crippen LogP contribution in [0.4, 0.5) is 0 Å². The van der Waals surface area contributed by atoms with Gasteiger partial charge < -0.3 is 9.47 Å². The molecule has 3 atom stereocenters. The largest absolute Gasteiger partial charge is 0.466 e. The number of carbonyl (C=O) groups excluding carboxylic acids is 2. The lowest BCUT2D eigenvalue weighted by atomic mass is 9.70. The Morgan fingerprint density at radius 3 is 2.15 bits per heavy atom. The highest BCUT2D eigenvalue weighted by Gasteiger charge is 2.62. The highest BCUT2D eigenvalue weighted by atomic mass is 16.5. The lowest BCUT2D eigenvalue weighted by Crippen LogP contribution is -2.37. The first kappa shape index (κ1) is 16.7. The van der Waals surface area contributed by atoms with Crippen molar-refractivity contribution >= 4 is 11.9 Å². The van der Waals surface area contributed by atoms with Crippen LogP contribution in [0, 0.1) is 16.7 Å². The maximum Gasteiger partial charge on any atom is 0.329 e. The zero-order valence-electron chi connectivity index (χ0n) is 13.2. The summed E-state index contributed by atoms with van der Waals surface area (Å²) in [4.78, 5) is 20.8. The highest BCUT2D eigenvalue weighted by Crippen LogP contribution is 2.66. The van der Waals surface area contributed by atoms with Crippen molar-refractivity contribution in [3.8, 4) is 0 Å². The van der Waals surface area contributed by atoms with E-state index in [1.807, 2.05) is 0 Å². The predicted octanol–water partition coefficient (Wildman–Crippen LogP) is 3.11. The quantitative estimate of drug-likeness (QED) is 0.577. The van der Waals surface area contributed by atoms with Gasteiger partial charge in [0.2, 0.25) is 0 Å². The summed E-state index contributed by atoms with van der Waals surface area (Å²) in [5.41, 5.74) is 0.552. The lowest BCUT2D eigenvalue weighted by molar-refractivity contribution is -0.154. The molecule has 0 heterocycles. The van der Waals surface area contributed by atoms with Crippen molar-refractivity contribution in [1.29, 1.82) is 0 Å². The second kappa shape index (κ2) is 5.98. The minimum atomic E-state index is -0.394. The Morgan fingerprint density at radius 2 is 1.90 bits per heavy atom. The van der Waals surface area contributed by atoms with Crippen LogP contribution in [0.1, 0.15) is 47.0 Å². The fourth-order valence-corrected chi connectivity index (χ4v) is 3.59. The van der Waals surface area contributed by atoms with Gasteiger partial charge in [0, 0.05) is 18.4 Å². The van der Waals surface area contributed by atoms with E-state index in [1.54, 1.807) is 0 Å². The third-order valence-corrected chi connectivity index (χ3v) is 5.39. The maximum atomic E-state index is 11.0. The predicted molar refractivity (Wildman–Crippen MR) is 77.0 cm³/mol. The average molecular weight is 282 g/mol. The molecule has 0 aliphatic heterocycles. The molecule has 0 saturated heterocycles. The van der Waals surface area contributed by atoms with E-state index in [9.17, 15) is 9.59 Å². The molecule has 4 heteroatoms. The van der Waals surface area contributed by atoms with Gasteiger partial charge in [0.05, 0.1) is 7.11 Å². The smallest absolute Gasteiger partial charge is 0.329 e. The van der Waals surface area contributed by atoms with Gasteiger partial charge in [-0.25, -0.2) is 4.79 Å². The molecule has 0 spiro atoms. The van der Waals surface area contributed by atoms with Crippen LogP contribution in [0.3, 0.4) is 0 Å². The molecule has 0 aromatic heterocycles. The van der Waals surface area contributed by atoms with Gasteiger partial charge in [0.25, 0.3) is 0 Å². The molecule has 114 valence electrons. The normalized spacial score (nSPS) is 32.9. The summed E-state index contributed by atoms with van der Waals surface area (Å²) in [6.45, 7) is 11.6. The van der Waals surface area contributed by atoms with E-state index in [2.05, 4.69) is 32.1 Å². The van der Waals surface area contributed by atoms with Gasteiger partial charge in [0.1, 0.15) is 6.10 Å². The molecule has 2 rings (SSSR count).